The monoisotopic (exact) mass is 325 g/mol. The summed E-state index contributed by atoms with van der Waals surface area (Å²) in [5.74, 6) is 0.326. The molecule has 1 N–H and O–H groups in total. The summed E-state index contributed by atoms with van der Waals surface area (Å²) in [6.07, 6.45) is 1.67. The summed E-state index contributed by atoms with van der Waals surface area (Å²) in [5.41, 5.74) is -0.130. The van der Waals surface area contributed by atoms with Crippen molar-refractivity contribution in [1.82, 2.24) is 14.3 Å². The van der Waals surface area contributed by atoms with Gasteiger partial charge in [0.25, 0.3) is 4.96 Å². The molecule has 0 bridgehead atoms. The fourth-order valence-electron chi connectivity index (χ4n) is 2.65. The first-order valence-corrected chi connectivity index (χ1v) is 8.03. The lowest BCUT2D eigenvalue weighted by atomic mass is 10.0. The number of aromatic nitrogens is 2. The number of nitrogens with zero attached hydrogens (tertiary/aromatic N) is 4. The van der Waals surface area contributed by atoms with Crippen LogP contribution in [0.4, 0.5) is 11.6 Å². The Hall–Kier alpha value is -1.71. The molecule has 0 aliphatic carbocycles. The first-order valence-electron chi connectivity index (χ1n) is 7.16. The first kappa shape index (κ1) is 15.2. The predicted octanol–water partition coefficient (Wildman–Crippen LogP) is 1.83. The van der Waals surface area contributed by atoms with Gasteiger partial charge in [0.1, 0.15) is 6.20 Å². The maximum absolute atomic E-state index is 11.3. The molecule has 1 aliphatic heterocycles. The number of nitrogens with one attached hydrogen (secondary N) is 1. The van der Waals surface area contributed by atoms with Crippen LogP contribution < -0.4 is 5.32 Å². The molecule has 0 unspecified atom stereocenters. The second-order valence-corrected chi connectivity index (χ2v) is 6.74. The van der Waals surface area contributed by atoms with Crippen LogP contribution in [0, 0.1) is 10.1 Å². The van der Waals surface area contributed by atoms with Crippen LogP contribution in [-0.4, -0.2) is 57.6 Å². The normalized spacial score (nSPS) is 17.0. The van der Waals surface area contributed by atoms with Gasteiger partial charge in [-0.05, 0) is 18.8 Å². The number of hydrogen-bond donors (Lipinski definition) is 1. The standard InChI is InChI=1S/C13H19N5O3S/c1-13(2,16-3-6-21-7-4-16)9-14-10-11(18(19)20)17-5-8-22-12(17)15-10/h5,8,14H,3-4,6-7,9H2,1-2H3. The van der Waals surface area contributed by atoms with Gasteiger partial charge in [-0.15, -0.1) is 0 Å². The number of morpholine rings is 1. The molecule has 2 aromatic heterocycles. The molecule has 0 saturated carbocycles. The highest BCUT2D eigenvalue weighted by Crippen LogP contribution is 2.29. The molecule has 0 spiro atoms. The number of ether oxygens (including phenoxy) is 1. The van der Waals surface area contributed by atoms with Gasteiger partial charge in [0.2, 0.25) is 5.82 Å². The molecule has 3 rings (SSSR count). The van der Waals surface area contributed by atoms with E-state index in [0.29, 0.717) is 17.3 Å². The number of rotatable bonds is 5. The van der Waals surface area contributed by atoms with Crippen LogP contribution in [0.3, 0.4) is 0 Å². The summed E-state index contributed by atoms with van der Waals surface area (Å²) in [6, 6.07) is 0. The van der Waals surface area contributed by atoms with Gasteiger partial charge in [-0.3, -0.25) is 4.90 Å². The summed E-state index contributed by atoms with van der Waals surface area (Å²) in [4.78, 5) is 18.2. The van der Waals surface area contributed by atoms with Crippen molar-refractivity contribution >= 4 is 27.9 Å². The molecule has 2 aromatic rings. The topological polar surface area (TPSA) is 84.9 Å². The van der Waals surface area contributed by atoms with Crippen molar-refractivity contribution < 1.29 is 9.66 Å². The molecule has 9 heteroatoms. The summed E-state index contributed by atoms with van der Waals surface area (Å²) >= 11 is 1.38. The Morgan fingerprint density at radius 2 is 2.23 bits per heavy atom. The third kappa shape index (κ3) is 2.79. The molecule has 0 radical (unpaired) electrons. The lowest BCUT2D eigenvalue weighted by Crippen LogP contribution is -2.53. The highest BCUT2D eigenvalue weighted by molar-refractivity contribution is 7.15. The van der Waals surface area contributed by atoms with Crippen molar-refractivity contribution in [2.75, 3.05) is 38.2 Å². The Labute approximate surface area is 131 Å². The van der Waals surface area contributed by atoms with Crippen LogP contribution in [0.5, 0.6) is 0 Å². The number of fused-ring (bicyclic) bond motifs is 1. The quantitative estimate of drug-likeness (QED) is 0.667. The van der Waals surface area contributed by atoms with E-state index in [2.05, 4.69) is 29.0 Å². The lowest BCUT2D eigenvalue weighted by Gasteiger charge is -2.40. The van der Waals surface area contributed by atoms with E-state index >= 15 is 0 Å². The van der Waals surface area contributed by atoms with Crippen LogP contribution in [0.15, 0.2) is 11.6 Å². The number of nitro groups is 1. The van der Waals surface area contributed by atoms with Crippen molar-refractivity contribution in [2.45, 2.75) is 19.4 Å². The molecule has 8 nitrogen and oxygen atoms in total. The van der Waals surface area contributed by atoms with E-state index in [9.17, 15) is 10.1 Å². The van der Waals surface area contributed by atoms with Crippen molar-refractivity contribution in [3.8, 4) is 0 Å². The van der Waals surface area contributed by atoms with Gasteiger partial charge in [-0.25, -0.2) is 0 Å². The molecule has 1 saturated heterocycles. The van der Waals surface area contributed by atoms with Crippen molar-refractivity contribution in [2.24, 2.45) is 0 Å². The highest BCUT2D eigenvalue weighted by Gasteiger charge is 2.30. The Morgan fingerprint density at radius 3 is 2.91 bits per heavy atom. The van der Waals surface area contributed by atoms with E-state index in [1.807, 2.05) is 0 Å². The maximum atomic E-state index is 11.3. The number of thiazole rings is 1. The van der Waals surface area contributed by atoms with Gasteiger partial charge in [0.15, 0.2) is 0 Å². The molecular weight excluding hydrogens is 306 g/mol. The fraction of sp³-hybridized carbons (Fsp3) is 0.615. The Balaban J connectivity index is 1.76. The zero-order valence-electron chi connectivity index (χ0n) is 12.6. The van der Waals surface area contributed by atoms with E-state index in [-0.39, 0.29) is 11.4 Å². The van der Waals surface area contributed by atoms with Gasteiger partial charge in [-0.1, -0.05) is 11.3 Å². The fourth-order valence-corrected chi connectivity index (χ4v) is 3.36. The van der Waals surface area contributed by atoms with Gasteiger partial charge < -0.3 is 20.2 Å². The lowest BCUT2D eigenvalue weighted by molar-refractivity contribution is -0.389. The Morgan fingerprint density at radius 1 is 1.50 bits per heavy atom. The summed E-state index contributed by atoms with van der Waals surface area (Å²) in [7, 11) is 0. The average Bonchev–Trinajstić information content (AvgIpc) is 3.05. The predicted molar refractivity (Wildman–Crippen MR) is 84.7 cm³/mol. The number of imidazole rings is 1. The van der Waals surface area contributed by atoms with Crippen molar-refractivity contribution in [3.05, 3.63) is 21.7 Å². The van der Waals surface area contributed by atoms with Crippen molar-refractivity contribution in [3.63, 3.8) is 0 Å². The minimum absolute atomic E-state index is 0.00553. The average molecular weight is 325 g/mol. The van der Waals surface area contributed by atoms with Gasteiger partial charge in [-0.2, -0.15) is 9.38 Å². The molecule has 0 atom stereocenters. The van der Waals surface area contributed by atoms with Crippen LogP contribution in [0.25, 0.3) is 4.96 Å². The number of hydrogen-bond acceptors (Lipinski definition) is 7. The minimum Gasteiger partial charge on any atom is -0.379 e. The molecule has 1 aliphatic rings. The van der Waals surface area contributed by atoms with Gasteiger partial charge in [0, 0.05) is 30.6 Å². The molecule has 0 aromatic carbocycles. The summed E-state index contributed by atoms with van der Waals surface area (Å²) < 4.78 is 6.88. The van der Waals surface area contributed by atoms with E-state index in [0.717, 1.165) is 26.3 Å². The number of anilines is 1. The van der Waals surface area contributed by atoms with E-state index in [1.165, 1.54) is 15.7 Å². The smallest absolute Gasteiger partial charge is 0.372 e. The third-order valence-electron chi connectivity index (χ3n) is 3.97. The zero-order valence-corrected chi connectivity index (χ0v) is 13.4. The minimum atomic E-state index is -0.392. The van der Waals surface area contributed by atoms with Crippen LogP contribution in [-0.2, 0) is 4.74 Å². The zero-order chi connectivity index (χ0) is 15.7. The maximum Gasteiger partial charge on any atom is 0.372 e. The van der Waals surface area contributed by atoms with Gasteiger partial charge in [0.05, 0.1) is 13.2 Å². The summed E-state index contributed by atoms with van der Waals surface area (Å²) in [5, 5.41) is 16.3. The van der Waals surface area contributed by atoms with E-state index in [1.54, 1.807) is 11.6 Å². The van der Waals surface area contributed by atoms with Crippen molar-refractivity contribution in [1.29, 1.82) is 0 Å². The Bertz CT molecular complexity index is 674. The molecule has 22 heavy (non-hydrogen) atoms. The summed E-state index contributed by atoms with van der Waals surface area (Å²) in [6.45, 7) is 8.02. The second kappa shape index (κ2) is 5.82. The molecule has 0 amide bonds. The first-order chi connectivity index (χ1) is 10.5. The third-order valence-corrected chi connectivity index (χ3v) is 4.72. The molecule has 3 heterocycles. The SMILES string of the molecule is CC(C)(CNc1nc2sccn2c1[N+](=O)[O-])N1CCOCC1. The van der Waals surface area contributed by atoms with E-state index < -0.39 is 4.92 Å². The van der Waals surface area contributed by atoms with Gasteiger partial charge >= 0.3 is 5.82 Å². The molecular formula is C13H19N5O3S. The van der Waals surface area contributed by atoms with Crippen LogP contribution in [0.1, 0.15) is 13.8 Å². The Kier molecular flexibility index (Phi) is 4.02. The largest absolute Gasteiger partial charge is 0.379 e. The molecule has 1 fully saturated rings. The van der Waals surface area contributed by atoms with E-state index in [4.69, 9.17) is 4.74 Å². The second-order valence-electron chi connectivity index (χ2n) is 5.86. The van der Waals surface area contributed by atoms with Crippen LogP contribution >= 0.6 is 11.3 Å². The van der Waals surface area contributed by atoms with Crippen LogP contribution in [0.2, 0.25) is 0 Å². The molecule has 120 valence electrons. The highest BCUT2D eigenvalue weighted by atomic mass is 32.1.